The Morgan fingerprint density at radius 2 is 1.94 bits per heavy atom. The fraction of sp³-hybridized carbons (Fsp3) is 0.455. The van der Waals surface area contributed by atoms with E-state index in [1.54, 1.807) is 6.07 Å². The van der Waals surface area contributed by atoms with Gasteiger partial charge in [0.05, 0.1) is 0 Å². The second-order valence-corrected chi connectivity index (χ2v) is 5.62. The Kier molecular flexibility index (Phi) is 6.09. The number of nitrogens with two attached hydrogens (primary N) is 2. The van der Waals surface area contributed by atoms with Crippen LogP contribution in [-0.4, -0.2) is 13.5 Å². The lowest BCUT2D eigenvalue weighted by molar-refractivity contribution is 0.451. The molecule has 1 aromatic rings. The van der Waals surface area contributed by atoms with Crippen molar-refractivity contribution < 1.29 is 13.5 Å². The average Bonchev–Trinajstić information content (AvgIpc) is 2.26. The maximum Gasteiger partial charge on any atom is 0.241 e. The van der Waals surface area contributed by atoms with Crippen LogP contribution in [0.15, 0.2) is 17.0 Å². The van der Waals surface area contributed by atoms with Crippen LogP contribution in [0.3, 0.4) is 0 Å². The number of sulfonamides is 1. The molecule has 1 atom stereocenters. The van der Waals surface area contributed by atoms with Gasteiger partial charge < -0.3 is 10.8 Å². The summed E-state index contributed by atoms with van der Waals surface area (Å²) in [4.78, 5) is -0.254. The molecule has 1 rings (SSSR count). The van der Waals surface area contributed by atoms with Gasteiger partial charge >= 0.3 is 0 Å². The molecule has 0 bridgehead atoms. The van der Waals surface area contributed by atoms with Crippen LogP contribution in [0.5, 0.6) is 5.75 Å². The third-order valence-electron chi connectivity index (χ3n) is 2.88. The molecule has 0 spiro atoms. The van der Waals surface area contributed by atoms with Crippen molar-refractivity contribution in [1.29, 1.82) is 0 Å². The molecule has 0 saturated heterocycles. The van der Waals surface area contributed by atoms with Gasteiger partial charge in [0.1, 0.15) is 10.6 Å². The minimum Gasteiger partial charge on any atom is -0.506 e. The molecule has 1 unspecified atom stereocenters. The van der Waals surface area contributed by atoms with Crippen LogP contribution in [-0.2, 0) is 16.6 Å². The monoisotopic (exact) mass is 294 g/mol. The molecule has 0 radical (unpaired) electrons. The first kappa shape index (κ1) is 17.2. The van der Waals surface area contributed by atoms with E-state index < -0.39 is 10.0 Å². The predicted molar refractivity (Wildman–Crippen MR) is 73.3 cm³/mol. The quantitative estimate of drug-likeness (QED) is 0.781. The molecular formula is C11H19ClN2O3S. The number of halogens is 1. The summed E-state index contributed by atoms with van der Waals surface area (Å²) in [5.74, 6) is -0.163. The fourth-order valence-electron chi connectivity index (χ4n) is 1.58. The van der Waals surface area contributed by atoms with Crippen LogP contribution >= 0.6 is 12.4 Å². The number of phenolic OH excluding ortho intramolecular Hbond substituents is 1. The summed E-state index contributed by atoms with van der Waals surface area (Å²) in [6.07, 6.45) is 0.860. The van der Waals surface area contributed by atoms with Crippen LogP contribution in [0.1, 0.15) is 37.3 Å². The second-order valence-electron chi connectivity index (χ2n) is 4.09. The van der Waals surface area contributed by atoms with Gasteiger partial charge in [-0.25, -0.2) is 13.6 Å². The Morgan fingerprint density at radius 1 is 1.39 bits per heavy atom. The normalized spacial score (nSPS) is 12.9. The van der Waals surface area contributed by atoms with Gasteiger partial charge in [-0.15, -0.1) is 12.4 Å². The van der Waals surface area contributed by atoms with Crippen molar-refractivity contribution in [2.24, 2.45) is 10.9 Å². The Hall–Kier alpha value is -0.820. The third-order valence-corrected chi connectivity index (χ3v) is 3.81. The van der Waals surface area contributed by atoms with E-state index in [1.165, 1.54) is 6.07 Å². The van der Waals surface area contributed by atoms with Crippen LogP contribution < -0.4 is 10.9 Å². The summed E-state index contributed by atoms with van der Waals surface area (Å²) >= 11 is 0. The lowest BCUT2D eigenvalue weighted by Gasteiger charge is -2.14. The van der Waals surface area contributed by atoms with Gasteiger partial charge in [-0.05, 0) is 24.0 Å². The Morgan fingerprint density at radius 3 is 2.33 bits per heavy atom. The third kappa shape index (κ3) is 3.58. The Labute approximate surface area is 114 Å². The minimum atomic E-state index is -3.94. The first-order chi connectivity index (χ1) is 7.81. The smallest absolute Gasteiger partial charge is 0.241 e. The number of benzene rings is 1. The SMILES string of the molecule is CCC(C)c1cc(CN)c(O)c(S(N)(=O)=O)c1.Cl. The number of primary sulfonamides is 1. The number of aromatic hydroxyl groups is 1. The number of rotatable bonds is 4. The van der Waals surface area contributed by atoms with E-state index in [9.17, 15) is 13.5 Å². The number of hydrogen-bond donors (Lipinski definition) is 3. The van der Waals surface area contributed by atoms with Crippen molar-refractivity contribution in [2.75, 3.05) is 0 Å². The number of hydrogen-bond acceptors (Lipinski definition) is 4. The van der Waals surface area contributed by atoms with E-state index in [1.807, 2.05) is 13.8 Å². The largest absolute Gasteiger partial charge is 0.506 e. The van der Waals surface area contributed by atoms with Gasteiger partial charge in [0.25, 0.3) is 0 Å². The topological polar surface area (TPSA) is 106 Å². The van der Waals surface area contributed by atoms with Crippen molar-refractivity contribution in [3.63, 3.8) is 0 Å². The summed E-state index contributed by atoms with van der Waals surface area (Å²) in [6.45, 7) is 4.04. The van der Waals surface area contributed by atoms with Crippen LogP contribution in [0.4, 0.5) is 0 Å². The molecule has 0 aliphatic carbocycles. The highest BCUT2D eigenvalue weighted by molar-refractivity contribution is 7.89. The van der Waals surface area contributed by atoms with Crippen molar-refractivity contribution in [3.8, 4) is 5.75 Å². The second kappa shape index (κ2) is 6.38. The molecular weight excluding hydrogens is 276 g/mol. The van der Waals surface area contributed by atoms with Gasteiger partial charge in [0, 0.05) is 12.1 Å². The number of phenols is 1. The minimum absolute atomic E-state index is 0. The zero-order valence-corrected chi connectivity index (χ0v) is 12.0. The van der Waals surface area contributed by atoms with Gasteiger partial charge in [-0.1, -0.05) is 19.9 Å². The van der Waals surface area contributed by atoms with Crippen molar-refractivity contribution in [2.45, 2.75) is 37.6 Å². The highest BCUT2D eigenvalue weighted by Gasteiger charge is 2.19. The highest BCUT2D eigenvalue weighted by atomic mass is 35.5. The maximum atomic E-state index is 11.4. The first-order valence-corrected chi connectivity index (χ1v) is 6.94. The zero-order chi connectivity index (χ0) is 13.2. The van der Waals surface area contributed by atoms with E-state index >= 15 is 0 Å². The summed E-state index contributed by atoms with van der Waals surface area (Å²) in [7, 11) is -3.94. The molecule has 104 valence electrons. The van der Waals surface area contributed by atoms with E-state index in [2.05, 4.69) is 0 Å². The van der Waals surface area contributed by atoms with Crippen LogP contribution in [0.25, 0.3) is 0 Å². The molecule has 0 heterocycles. The van der Waals surface area contributed by atoms with Gasteiger partial charge in [-0.2, -0.15) is 0 Å². The summed E-state index contributed by atoms with van der Waals surface area (Å²) in [6, 6.07) is 3.14. The van der Waals surface area contributed by atoms with Crippen molar-refractivity contribution in [3.05, 3.63) is 23.3 Å². The van der Waals surface area contributed by atoms with Crippen molar-refractivity contribution in [1.82, 2.24) is 0 Å². The van der Waals surface area contributed by atoms with E-state index in [0.717, 1.165) is 12.0 Å². The average molecular weight is 295 g/mol. The maximum absolute atomic E-state index is 11.4. The van der Waals surface area contributed by atoms with E-state index in [-0.39, 0.29) is 35.5 Å². The summed E-state index contributed by atoms with van der Waals surface area (Å²) in [5, 5.41) is 14.8. The molecule has 18 heavy (non-hydrogen) atoms. The van der Waals surface area contributed by atoms with Gasteiger partial charge in [0.15, 0.2) is 0 Å². The molecule has 5 nitrogen and oxygen atoms in total. The van der Waals surface area contributed by atoms with Gasteiger partial charge in [0.2, 0.25) is 10.0 Å². The molecule has 7 heteroatoms. The van der Waals surface area contributed by atoms with Crippen LogP contribution in [0, 0.1) is 0 Å². The molecule has 0 amide bonds. The summed E-state index contributed by atoms with van der Waals surface area (Å²) < 4.78 is 22.7. The standard InChI is InChI=1S/C11H18N2O3S.ClH/c1-3-7(2)8-4-9(6-12)11(14)10(5-8)17(13,15)16;/h4-5,7,14H,3,6,12H2,1-2H3,(H2,13,15,16);1H. The molecule has 0 aliphatic rings. The Bertz CT molecular complexity index is 517. The highest BCUT2D eigenvalue weighted by Crippen LogP contribution is 2.31. The van der Waals surface area contributed by atoms with Crippen LogP contribution in [0.2, 0.25) is 0 Å². The lowest BCUT2D eigenvalue weighted by Crippen LogP contribution is -2.14. The summed E-state index contributed by atoms with van der Waals surface area (Å²) in [5.41, 5.74) is 6.69. The molecule has 5 N–H and O–H groups in total. The van der Waals surface area contributed by atoms with Gasteiger partial charge in [-0.3, -0.25) is 0 Å². The van der Waals surface area contributed by atoms with E-state index in [0.29, 0.717) is 5.56 Å². The molecule has 1 aromatic carbocycles. The molecule has 0 aromatic heterocycles. The van der Waals surface area contributed by atoms with Crippen molar-refractivity contribution >= 4 is 22.4 Å². The first-order valence-electron chi connectivity index (χ1n) is 5.39. The molecule has 0 fully saturated rings. The fourth-order valence-corrected chi connectivity index (χ4v) is 2.28. The zero-order valence-electron chi connectivity index (χ0n) is 10.4. The molecule has 0 saturated carbocycles. The van der Waals surface area contributed by atoms with E-state index in [4.69, 9.17) is 10.9 Å². The lowest BCUT2D eigenvalue weighted by atomic mass is 9.96. The molecule has 0 aliphatic heterocycles. The Balaban J connectivity index is 0.00000289. The predicted octanol–water partition coefficient (Wildman–Crippen LogP) is 1.43.